The van der Waals surface area contributed by atoms with Gasteiger partial charge in [0.05, 0.1) is 12.0 Å². The molecule has 1 saturated heterocycles. The topological polar surface area (TPSA) is 66.8 Å². The first-order chi connectivity index (χ1) is 10.4. The Balaban J connectivity index is 1.84. The van der Waals surface area contributed by atoms with E-state index in [1.165, 1.54) is 0 Å². The molecule has 1 fully saturated rings. The van der Waals surface area contributed by atoms with Crippen molar-refractivity contribution in [2.24, 2.45) is 5.41 Å². The van der Waals surface area contributed by atoms with E-state index < -0.39 is 11.4 Å². The van der Waals surface area contributed by atoms with Crippen molar-refractivity contribution in [3.8, 4) is 5.75 Å². The Kier molecular flexibility index (Phi) is 5.06. The molecule has 0 unspecified atom stereocenters. The lowest BCUT2D eigenvalue weighted by Crippen LogP contribution is -2.34. The molecule has 1 aromatic carbocycles. The van der Waals surface area contributed by atoms with Crippen LogP contribution in [0.1, 0.15) is 32.3 Å². The second kappa shape index (κ2) is 6.81. The number of carboxylic acid groups (broad SMARTS) is 1. The number of hydrogen-bond acceptors (Lipinski definition) is 3. The van der Waals surface area contributed by atoms with E-state index in [1.54, 1.807) is 11.8 Å². The number of carbonyl (C=O) groups is 2. The average Bonchev–Trinajstić information content (AvgIpc) is 2.91. The Morgan fingerprint density at radius 2 is 2.00 bits per heavy atom. The summed E-state index contributed by atoms with van der Waals surface area (Å²) >= 11 is 0. The molecule has 1 aliphatic rings. The Bertz CT molecular complexity index is 540. The lowest BCUT2D eigenvalue weighted by molar-refractivity contribution is -0.147. The molecule has 1 heterocycles. The van der Waals surface area contributed by atoms with Gasteiger partial charge in [-0.15, -0.1) is 0 Å². The third kappa shape index (κ3) is 3.78. The summed E-state index contributed by atoms with van der Waals surface area (Å²) in [5, 5.41) is 9.20. The predicted octanol–water partition coefficient (Wildman–Crippen LogP) is 2.34. The number of ether oxygens (including phenoxy) is 1. The summed E-state index contributed by atoms with van der Waals surface area (Å²) in [6.45, 7) is 5.12. The zero-order valence-corrected chi connectivity index (χ0v) is 13.2. The summed E-state index contributed by atoms with van der Waals surface area (Å²) in [5.74, 6) is 0.0301. The van der Waals surface area contributed by atoms with Crippen LogP contribution in [0.3, 0.4) is 0 Å². The van der Waals surface area contributed by atoms with Crippen LogP contribution in [0, 0.1) is 5.41 Å². The molecule has 1 amide bonds. The van der Waals surface area contributed by atoms with Gasteiger partial charge in [-0.2, -0.15) is 0 Å². The Hall–Kier alpha value is -2.04. The molecule has 0 aromatic heterocycles. The van der Waals surface area contributed by atoms with Crippen molar-refractivity contribution in [1.82, 2.24) is 4.90 Å². The standard InChI is InChI=1S/C17H23NO4/c1-3-22-14-7-4-13(5-8-14)6-9-15(19)18-11-10-17(2,12-18)16(20)21/h4-5,7-8H,3,6,9-12H2,1-2H3,(H,20,21)/t17-/m1/s1. The molecule has 0 radical (unpaired) electrons. The van der Waals surface area contributed by atoms with Crippen molar-refractivity contribution >= 4 is 11.9 Å². The minimum absolute atomic E-state index is 0.0267. The number of carboxylic acids is 1. The van der Waals surface area contributed by atoms with Crippen LogP contribution in [0.15, 0.2) is 24.3 Å². The molecule has 22 heavy (non-hydrogen) atoms. The van der Waals surface area contributed by atoms with E-state index >= 15 is 0 Å². The number of nitrogens with zero attached hydrogens (tertiary/aromatic N) is 1. The summed E-state index contributed by atoms with van der Waals surface area (Å²) < 4.78 is 5.38. The number of aryl methyl sites for hydroxylation is 1. The average molecular weight is 305 g/mol. The largest absolute Gasteiger partial charge is 0.494 e. The molecular formula is C17H23NO4. The van der Waals surface area contributed by atoms with E-state index in [0.717, 1.165) is 11.3 Å². The van der Waals surface area contributed by atoms with E-state index in [2.05, 4.69) is 0 Å². The second-order valence-corrected chi connectivity index (χ2v) is 6.01. The van der Waals surface area contributed by atoms with Gasteiger partial charge in [-0.3, -0.25) is 9.59 Å². The maximum absolute atomic E-state index is 12.2. The Morgan fingerprint density at radius 3 is 2.55 bits per heavy atom. The molecule has 1 atom stereocenters. The normalized spacial score (nSPS) is 20.9. The highest BCUT2D eigenvalue weighted by atomic mass is 16.5. The molecule has 1 aromatic rings. The summed E-state index contributed by atoms with van der Waals surface area (Å²) in [5.41, 5.74) is 0.284. The second-order valence-electron chi connectivity index (χ2n) is 6.01. The number of rotatable bonds is 6. The molecule has 2 rings (SSSR count). The zero-order valence-electron chi connectivity index (χ0n) is 13.2. The van der Waals surface area contributed by atoms with Crippen molar-refractivity contribution in [3.05, 3.63) is 29.8 Å². The first-order valence-corrected chi connectivity index (χ1v) is 7.67. The van der Waals surface area contributed by atoms with E-state index in [4.69, 9.17) is 4.74 Å². The van der Waals surface area contributed by atoms with Crippen LogP contribution in [0.25, 0.3) is 0 Å². The van der Waals surface area contributed by atoms with E-state index in [1.807, 2.05) is 31.2 Å². The third-order valence-corrected chi connectivity index (χ3v) is 4.20. The maximum Gasteiger partial charge on any atom is 0.311 e. The van der Waals surface area contributed by atoms with Crippen molar-refractivity contribution in [1.29, 1.82) is 0 Å². The van der Waals surface area contributed by atoms with Crippen LogP contribution in [-0.4, -0.2) is 41.6 Å². The lowest BCUT2D eigenvalue weighted by Gasteiger charge is -2.20. The highest BCUT2D eigenvalue weighted by molar-refractivity contribution is 5.80. The number of amides is 1. The van der Waals surface area contributed by atoms with E-state index in [-0.39, 0.29) is 5.91 Å². The van der Waals surface area contributed by atoms with Gasteiger partial charge in [0.15, 0.2) is 0 Å². The summed E-state index contributed by atoms with van der Waals surface area (Å²) in [6.07, 6.45) is 1.59. The van der Waals surface area contributed by atoms with Crippen LogP contribution in [0.2, 0.25) is 0 Å². The van der Waals surface area contributed by atoms with Crippen molar-refractivity contribution in [3.63, 3.8) is 0 Å². The van der Waals surface area contributed by atoms with E-state index in [0.29, 0.717) is 39.0 Å². The molecular weight excluding hydrogens is 282 g/mol. The number of hydrogen-bond donors (Lipinski definition) is 1. The van der Waals surface area contributed by atoms with Gasteiger partial charge in [0.2, 0.25) is 5.91 Å². The highest BCUT2D eigenvalue weighted by Gasteiger charge is 2.41. The van der Waals surface area contributed by atoms with Crippen LogP contribution in [0.5, 0.6) is 5.75 Å². The molecule has 0 spiro atoms. The fourth-order valence-corrected chi connectivity index (χ4v) is 2.68. The maximum atomic E-state index is 12.2. The smallest absolute Gasteiger partial charge is 0.311 e. The third-order valence-electron chi connectivity index (χ3n) is 4.20. The van der Waals surface area contributed by atoms with Crippen LogP contribution < -0.4 is 4.74 Å². The molecule has 5 nitrogen and oxygen atoms in total. The van der Waals surface area contributed by atoms with Gasteiger partial charge in [-0.1, -0.05) is 12.1 Å². The van der Waals surface area contributed by atoms with E-state index in [9.17, 15) is 14.7 Å². The van der Waals surface area contributed by atoms with Crippen molar-refractivity contribution < 1.29 is 19.4 Å². The van der Waals surface area contributed by atoms with Gasteiger partial charge >= 0.3 is 5.97 Å². The van der Waals surface area contributed by atoms with Gasteiger partial charge in [-0.25, -0.2) is 0 Å². The highest BCUT2D eigenvalue weighted by Crippen LogP contribution is 2.30. The van der Waals surface area contributed by atoms with Gasteiger partial charge in [0.25, 0.3) is 0 Å². The number of likely N-dealkylation sites (tertiary alicyclic amines) is 1. The van der Waals surface area contributed by atoms with Crippen molar-refractivity contribution in [2.45, 2.75) is 33.1 Å². The predicted molar refractivity (Wildman–Crippen MR) is 82.9 cm³/mol. The van der Waals surface area contributed by atoms with Crippen LogP contribution in [-0.2, 0) is 16.0 Å². The molecule has 0 aliphatic carbocycles. The summed E-state index contributed by atoms with van der Waals surface area (Å²) in [7, 11) is 0. The molecule has 120 valence electrons. The van der Waals surface area contributed by atoms with Gasteiger partial charge in [0.1, 0.15) is 5.75 Å². The molecule has 0 bridgehead atoms. The van der Waals surface area contributed by atoms with Crippen LogP contribution >= 0.6 is 0 Å². The first kappa shape index (κ1) is 16.3. The monoisotopic (exact) mass is 305 g/mol. The first-order valence-electron chi connectivity index (χ1n) is 7.67. The number of aliphatic carboxylic acids is 1. The minimum Gasteiger partial charge on any atom is -0.494 e. The fourth-order valence-electron chi connectivity index (χ4n) is 2.68. The fraction of sp³-hybridized carbons (Fsp3) is 0.529. The summed E-state index contributed by atoms with van der Waals surface area (Å²) in [6, 6.07) is 7.73. The van der Waals surface area contributed by atoms with Crippen LogP contribution in [0.4, 0.5) is 0 Å². The van der Waals surface area contributed by atoms with Gasteiger partial charge < -0.3 is 14.7 Å². The zero-order chi connectivity index (χ0) is 16.2. The molecule has 0 saturated carbocycles. The van der Waals surface area contributed by atoms with Gasteiger partial charge in [-0.05, 0) is 44.4 Å². The molecule has 1 N–H and O–H groups in total. The molecule has 1 aliphatic heterocycles. The number of benzene rings is 1. The van der Waals surface area contributed by atoms with Crippen molar-refractivity contribution in [2.75, 3.05) is 19.7 Å². The lowest BCUT2D eigenvalue weighted by atomic mass is 9.90. The Labute approximate surface area is 130 Å². The Morgan fingerprint density at radius 1 is 1.32 bits per heavy atom. The minimum atomic E-state index is -0.825. The van der Waals surface area contributed by atoms with Gasteiger partial charge in [0, 0.05) is 19.5 Å². The number of carbonyl (C=O) groups excluding carboxylic acids is 1. The quantitative estimate of drug-likeness (QED) is 0.876. The SMILES string of the molecule is CCOc1ccc(CCC(=O)N2CC[C@@](C)(C(=O)O)C2)cc1. The summed E-state index contributed by atoms with van der Waals surface area (Å²) in [4.78, 5) is 25.1. The molecule has 5 heteroatoms.